The molecular weight excluding hydrogens is 333 g/mol. The lowest BCUT2D eigenvalue weighted by molar-refractivity contribution is 0.0206. The Hall–Kier alpha value is -0.920. The van der Waals surface area contributed by atoms with Crippen molar-refractivity contribution in [1.29, 1.82) is 0 Å². The van der Waals surface area contributed by atoms with Gasteiger partial charge in [-0.15, -0.1) is 5.10 Å². The number of morpholine rings is 1. The fourth-order valence-electron chi connectivity index (χ4n) is 2.10. The predicted molar refractivity (Wildman–Crippen MR) is 83.2 cm³/mol. The summed E-state index contributed by atoms with van der Waals surface area (Å²) in [5.41, 5.74) is 0.674. The van der Waals surface area contributed by atoms with Crippen molar-refractivity contribution in [2.24, 2.45) is 0 Å². The number of hydrogen-bond acceptors (Lipinski definition) is 5. The molecule has 112 valence electrons. The maximum Gasteiger partial charge on any atom is 0.288 e. The van der Waals surface area contributed by atoms with Crippen LogP contribution in [-0.2, 0) is 11.4 Å². The van der Waals surface area contributed by atoms with Gasteiger partial charge < -0.3 is 9.15 Å². The fourth-order valence-corrected chi connectivity index (χ4v) is 2.77. The summed E-state index contributed by atoms with van der Waals surface area (Å²) in [5.74, 6) is 0.398. The van der Waals surface area contributed by atoms with Crippen LogP contribution >= 0.6 is 35.4 Å². The summed E-state index contributed by atoms with van der Waals surface area (Å²) >= 11 is 17.3. The highest BCUT2D eigenvalue weighted by atomic mass is 35.5. The number of hydrogen-bond donors (Lipinski definition) is 0. The van der Waals surface area contributed by atoms with E-state index in [0.717, 1.165) is 26.3 Å². The van der Waals surface area contributed by atoms with Gasteiger partial charge in [0.15, 0.2) is 0 Å². The Kier molecular flexibility index (Phi) is 4.61. The highest BCUT2D eigenvalue weighted by Gasteiger charge is 2.15. The third-order valence-corrected chi connectivity index (χ3v) is 4.05. The number of nitrogens with zero attached hydrogens (tertiary/aromatic N) is 3. The SMILES string of the molecule is S=c1oc(-c2ccc(Cl)cc2Cl)nn1CN1CCOCC1. The van der Waals surface area contributed by atoms with E-state index < -0.39 is 0 Å². The molecule has 0 amide bonds. The van der Waals surface area contributed by atoms with E-state index in [1.807, 2.05) is 0 Å². The largest absolute Gasteiger partial charge is 0.409 e. The Morgan fingerprint density at radius 1 is 1.24 bits per heavy atom. The van der Waals surface area contributed by atoms with Gasteiger partial charge >= 0.3 is 0 Å². The van der Waals surface area contributed by atoms with Gasteiger partial charge in [0.25, 0.3) is 4.84 Å². The van der Waals surface area contributed by atoms with E-state index in [0.29, 0.717) is 33.0 Å². The minimum absolute atomic E-state index is 0.322. The van der Waals surface area contributed by atoms with Gasteiger partial charge in [-0.25, -0.2) is 4.68 Å². The van der Waals surface area contributed by atoms with Crippen molar-refractivity contribution in [2.75, 3.05) is 26.3 Å². The zero-order chi connectivity index (χ0) is 14.8. The van der Waals surface area contributed by atoms with Crippen LogP contribution < -0.4 is 0 Å². The first kappa shape index (κ1) is 15.0. The lowest BCUT2D eigenvalue weighted by Gasteiger charge is -2.25. The van der Waals surface area contributed by atoms with E-state index in [9.17, 15) is 0 Å². The summed E-state index contributed by atoms with van der Waals surface area (Å²) in [7, 11) is 0. The number of aromatic nitrogens is 2. The average molecular weight is 346 g/mol. The second kappa shape index (κ2) is 6.46. The van der Waals surface area contributed by atoms with Crippen molar-refractivity contribution in [1.82, 2.24) is 14.7 Å². The monoisotopic (exact) mass is 345 g/mol. The van der Waals surface area contributed by atoms with Crippen molar-refractivity contribution in [2.45, 2.75) is 6.67 Å². The normalized spacial score (nSPS) is 16.3. The molecule has 0 N–H and O–H groups in total. The first-order valence-electron chi connectivity index (χ1n) is 6.47. The van der Waals surface area contributed by atoms with E-state index in [1.54, 1.807) is 22.9 Å². The van der Waals surface area contributed by atoms with E-state index in [4.69, 9.17) is 44.6 Å². The second-order valence-corrected chi connectivity index (χ2v) is 5.86. The van der Waals surface area contributed by atoms with Crippen LogP contribution in [0, 0.1) is 4.84 Å². The molecule has 8 heteroatoms. The molecule has 5 nitrogen and oxygen atoms in total. The van der Waals surface area contributed by atoms with Gasteiger partial charge in [0.2, 0.25) is 5.89 Å². The molecule has 1 aromatic carbocycles. The van der Waals surface area contributed by atoms with Gasteiger partial charge in [-0.1, -0.05) is 23.2 Å². The summed E-state index contributed by atoms with van der Waals surface area (Å²) in [6.07, 6.45) is 0. The first-order valence-corrected chi connectivity index (χ1v) is 7.63. The zero-order valence-corrected chi connectivity index (χ0v) is 13.4. The lowest BCUT2D eigenvalue weighted by atomic mass is 10.2. The number of rotatable bonds is 3. The molecule has 1 saturated heterocycles. The molecule has 0 unspecified atom stereocenters. The van der Waals surface area contributed by atoms with Gasteiger partial charge in [0.1, 0.15) is 0 Å². The number of ether oxygens (including phenoxy) is 1. The van der Waals surface area contributed by atoms with Crippen molar-refractivity contribution >= 4 is 35.4 Å². The van der Waals surface area contributed by atoms with Gasteiger partial charge in [-0.3, -0.25) is 4.90 Å². The molecule has 0 saturated carbocycles. The van der Waals surface area contributed by atoms with Crippen LogP contribution in [0.3, 0.4) is 0 Å². The van der Waals surface area contributed by atoms with E-state index in [2.05, 4.69) is 10.00 Å². The topological polar surface area (TPSA) is 43.4 Å². The van der Waals surface area contributed by atoms with Gasteiger partial charge in [-0.05, 0) is 30.4 Å². The molecule has 1 aromatic heterocycles. The smallest absolute Gasteiger partial charge is 0.288 e. The fraction of sp³-hybridized carbons (Fsp3) is 0.385. The standard InChI is InChI=1S/C13H13Cl2N3O2S/c14-9-1-2-10(11(15)7-9)12-16-18(13(21)20-12)8-17-3-5-19-6-4-17/h1-2,7H,3-6,8H2. The molecule has 1 fully saturated rings. The highest BCUT2D eigenvalue weighted by molar-refractivity contribution is 7.71. The van der Waals surface area contributed by atoms with Gasteiger partial charge in [-0.2, -0.15) is 0 Å². The third kappa shape index (κ3) is 3.46. The van der Waals surface area contributed by atoms with E-state index in [-0.39, 0.29) is 0 Å². The summed E-state index contributed by atoms with van der Waals surface area (Å²) in [5, 5.41) is 5.45. The van der Waals surface area contributed by atoms with E-state index in [1.165, 1.54) is 0 Å². The summed E-state index contributed by atoms with van der Waals surface area (Å²) in [6.45, 7) is 3.73. The van der Waals surface area contributed by atoms with Crippen LogP contribution in [-0.4, -0.2) is 41.0 Å². The Morgan fingerprint density at radius 3 is 2.71 bits per heavy atom. The molecule has 1 aliphatic heterocycles. The van der Waals surface area contributed by atoms with Gasteiger partial charge in [0.05, 0.1) is 30.5 Å². The molecule has 0 spiro atoms. The zero-order valence-electron chi connectivity index (χ0n) is 11.1. The minimum atomic E-state index is 0.322. The van der Waals surface area contributed by atoms with Crippen LogP contribution in [0.5, 0.6) is 0 Å². The highest BCUT2D eigenvalue weighted by Crippen LogP contribution is 2.29. The molecule has 0 atom stereocenters. The Balaban J connectivity index is 1.85. The maximum absolute atomic E-state index is 6.16. The van der Waals surface area contributed by atoms with Crippen molar-refractivity contribution < 1.29 is 9.15 Å². The second-order valence-electron chi connectivity index (χ2n) is 4.67. The van der Waals surface area contributed by atoms with Crippen LogP contribution in [0.1, 0.15) is 0 Å². The molecule has 1 aliphatic rings. The molecule has 0 aliphatic carbocycles. The van der Waals surface area contributed by atoms with Crippen molar-refractivity contribution in [3.63, 3.8) is 0 Å². The van der Waals surface area contributed by atoms with Gasteiger partial charge in [0, 0.05) is 18.1 Å². The maximum atomic E-state index is 6.16. The number of halogens is 2. The van der Waals surface area contributed by atoms with Crippen LogP contribution in [0.25, 0.3) is 11.5 Å². The Bertz CT molecular complexity index is 695. The van der Waals surface area contributed by atoms with Crippen LogP contribution in [0.15, 0.2) is 22.6 Å². The molecule has 2 aromatic rings. The molecule has 0 bridgehead atoms. The Labute approximate surface area is 137 Å². The first-order chi connectivity index (χ1) is 10.1. The molecule has 21 heavy (non-hydrogen) atoms. The predicted octanol–water partition coefficient (Wildman–Crippen LogP) is 3.47. The quantitative estimate of drug-likeness (QED) is 0.797. The van der Waals surface area contributed by atoms with Crippen LogP contribution in [0.2, 0.25) is 10.0 Å². The Morgan fingerprint density at radius 2 is 2.00 bits per heavy atom. The summed E-state index contributed by atoms with van der Waals surface area (Å²) in [4.78, 5) is 2.53. The summed E-state index contributed by atoms with van der Waals surface area (Å²) in [6, 6.07) is 5.16. The summed E-state index contributed by atoms with van der Waals surface area (Å²) < 4.78 is 12.5. The average Bonchev–Trinajstić information content (AvgIpc) is 2.81. The minimum Gasteiger partial charge on any atom is -0.409 e. The molecule has 0 radical (unpaired) electrons. The number of benzene rings is 1. The van der Waals surface area contributed by atoms with Crippen molar-refractivity contribution in [3.8, 4) is 11.5 Å². The van der Waals surface area contributed by atoms with E-state index >= 15 is 0 Å². The van der Waals surface area contributed by atoms with Crippen LogP contribution in [0.4, 0.5) is 0 Å². The lowest BCUT2D eigenvalue weighted by Crippen LogP contribution is -2.37. The third-order valence-electron chi connectivity index (χ3n) is 3.21. The molecule has 2 heterocycles. The van der Waals surface area contributed by atoms with Crippen molar-refractivity contribution in [3.05, 3.63) is 33.1 Å². The molecule has 3 rings (SSSR count). The molecular formula is C13H13Cl2N3O2S.